The molecule has 1 atom stereocenters. The fourth-order valence-electron chi connectivity index (χ4n) is 1.67. The lowest BCUT2D eigenvalue weighted by Gasteiger charge is -2.28. The zero-order valence-corrected chi connectivity index (χ0v) is 12.5. The monoisotopic (exact) mass is 267 g/mol. The van der Waals surface area contributed by atoms with Gasteiger partial charge in [-0.25, -0.2) is 0 Å². The minimum absolute atomic E-state index is 0.201. The number of nitrogens with one attached hydrogen (secondary N) is 1. The number of ether oxygens (including phenoxy) is 2. The predicted molar refractivity (Wildman–Crippen MR) is 76.7 cm³/mol. The van der Waals surface area contributed by atoms with Crippen molar-refractivity contribution in [1.29, 1.82) is 0 Å². The van der Waals surface area contributed by atoms with Gasteiger partial charge in [0.1, 0.15) is 11.5 Å². The van der Waals surface area contributed by atoms with Gasteiger partial charge in [0.15, 0.2) is 0 Å². The molecule has 0 aliphatic rings. The third-order valence-corrected chi connectivity index (χ3v) is 3.53. The molecular weight excluding hydrogens is 242 g/mol. The van der Waals surface area contributed by atoms with Gasteiger partial charge in [-0.3, -0.25) is 0 Å². The molecule has 108 valence electrons. The van der Waals surface area contributed by atoms with Crippen LogP contribution in [0.4, 0.5) is 0 Å². The van der Waals surface area contributed by atoms with E-state index in [0.717, 1.165) is 17.1 Å². The highest BCUT2D eigenvalue weighted by Gasteiger charge is 2.24. The smallest absolute Gasteiger partial charge is 0.123 e. The Labute approximate surface area is 115 Å². The number of methoxy groups -OCH3 is 2. The molecule has 0 saturated carbocycles. The third kappa shape index (κ3) is 4.40. The van der Waals surface area contributed by atoms with Crippen molar-refractivity contribution >= 4 is 0 Å². The summed E-state index contributed by atoms with van der Waals surface area (Å²) in [7, 11) is 3.29. The molecule has 0 aromatic heterocycles. The average molecular weight is 267 g/mol. The second-order valence-electron chi connectivity index (χ2n) is 5.29. The van der Waals surface area contributed by atoms with Crippen LogP contribution in [0.5, 0.6) is 11.5 Å². The summed E-state index contributed by atoms with van der Waals surface area (Å²) in [6, 6.07) is 5.69. The summed E-state index contributed by atoms with van der Waals surface area (Å²) in [4.78, 5) is 0. The van der Waals surface area contributed by atoms with Crippen LogP contribution in [-0.4, -0.2) is 31.5 Å². The first-order valence-electron chi connectivity index (χ1n) is 6.54. The van der Waals surface area contributed by atoms with E-state index in [-0.39, 0.29) is 5.92 Å². The molecule has 0 radical (unpaired) electrons. The first-order valence-corrected chi connectivity index (χ1v) is 6.54. The zero-order chi connectivity index (χ0) is 14.5. The van der Waals surface area contributed by atoms with Crippen molar-refractivity contribution in [2.45, 2.75) is 32.9 Å². The van der Waals surface area contributed by atoms with Gasteiger partial charge in [-0.05, 0) is 31.0 Å². The minimum Gasteiger partial charge on any atom is -0.497 e. The Morgan fingerprint density at radius 1 is 1.26 bits per heavy atom. The molecule has 1 rings (SSSR count). The molecular formula is C15H25NO3. The Morgan fingerprint density at radius 2 is 1.95 bits per heavy atom. The van der Waals surface area contributed by atoms with E-state index in [4.69, 9.17) is 9.47 Å². The highest BCUT2D eigenvalue weighted by Crippen LogP contribution is 2.24. The fraction of sp³-hybridized carbons (Fsp3) is 0.600. The molecule has 0 spiro atoms. The summed E-state index contributed by atoms with van der Waals surface area (Å²) in [6.07, 6.45) is 0. The van der Waals surface area contributed by atoms with E-state index in [2.05, 4.69) is 5.32 Å². The van der Waals surface area contributed by atoms with Gasteiger partial charge in [0.2, 0.25) is 0 Å². The molecule has 4 heteroatoms. The van der Waals surface area contributed by atoms with Crippen LogP contribution in [0.1, 0.15) is 26.3 Å². The SMILES string of the molecule is COc1ccc(OC)c(CNCC(C)(O)C(C)C)c1. The normalized spacial score (nSPS) is 14.3. The van der Waals surface area contributed by atoms with Crippen molar-refractivity contribution in [2.24, 2.45) is 5.92 Å². The van der Waals surface area contributed by atoms with Gasteiger partial charge in [0, 0.05) is 18.7 Å². The van der Waals surface area contributed by atoms with E-state index in [1.165, 1.54) is 0 Å². The van der Waals surface area contributed by atoms with E-state index in [9.17, 15) is 5.11 Å². The van der Waals surface area contributed by atoms with Crippen molar-refractivity contribution < 1.29 is 14.6 Å². The van der Waals surface area contributed by atoms with Crippen LogP contribution in [0, 0.1) is 5.92 Å². The highest BCUT2D eigenvalue weighted by molar-refractivity contribution is 5.40. The van der Waals surface area contributed by atoms with E-state index >= 15 is 0 Å². The summed E-state index contributed by atoms with van der Waals surface area (Å²) in [5, 5.41) is 13.4. The number of aliphatic hydroxyl groups is 1. The topological polar surface area (TPSA) is 50.7 Å². The van der Waals surface area contributed by atoms with E-state index in [1.807, 2.05) is 39.0 Å². The van der Waals surface area contributed by atoms with Crippen LogP contribution in [-0.2, 0) is 6.54 Å². The Morgan fingerprint density at radius 3 is 2.47 bits per heavy atom. The lowest BCUT2D eigenvalue weighted by Crippen LogP contribution is -2.41. The van der Waals surface area contributed by atoms with Crippen LogP contribution in [0.2, 0.25) is 0 Å². The summed E-state index contributed by atoms with van der Waals surface area (Å²) in [5.74, 6) is 1.82. The summed E-state index contributed by atoms with van der Waals surface area (Å²) in [5.41, 5.74) is 0.299. The Bertz CT molecular complexity index is 402. The van der Waals surface area contributed by atoms with Gasteiger partial charge in [0.05, 0.1) is 19.8 Å². The van der Waals surface area contributed by atoms with E-state index < -0.39 is 5.60 Å². The molecule has 0 bridgehead atoms. The number of hydrogen-bond acceptors (Lipinski definition) is 4. The second-order valence-corrected chi connectivity index (χ2v) is 5.29. The van der Waals surface area contributed by atoms with E-state index in [1.54, 1.807) is 14.2 Å². The molecule has 0 fully saturated rings. The van der Waals surface area contributed by atoms with Crippen molar-refractivity contribution in [1.82, 2.24) is 5.32 Å². The van der Waals surface area contributed by atoms with Gasteiger partial charge in [-0.1, -0.05) is 13.8 Å². The number of hydrogen-bond donors (Lipinski definition) is 2. The van der Waals surface area contributed by atoms with Crippen LogP contribution < -0.4 is 14.8 Å². The molecule has 0 aliphatic heterocycles. The standard InChI is InChI=1S/C15H25NO3/c1-11(2)15(3,17)10-16-9-12-8-13(18-4)6-7-14(12)19-5/h6-8,11,16-17H,9-10H2,1-5H3. The van der Waals surface area contributed by atoms with Crippen molar-refractivity contribution in [3.05, 3.63) is 23.8 Å². The molecule has 0 amide bonds. The maximum atomic E-state index is 10.2. The largest absolute Gasteiger partial charge is 0.497 e. The van der Waals surface area contributed by atoms with Crippen LogP contribution in [0.15, 0.2) is 18.2 Å². The van der Waals surface area contributed by atoms with Gasteiger partial charge >= 0.3 is 0 Å². The Hall–Kier alpha value is -1.26. The molecule has 1 aromatic carbocycles. The molecule has 1 aromatic rings. The molecule has 4 nitrogen and oxygen atoms in total. The molecule has 19 heavy (non-hydrogen) atoms. The summed E-state index contributed by atoms with van der Waals surface area (Å²) >= 11 is 0. The van der Waals surface area contributed by atoms with Gasteiger partial charge in [-0.2, -0.15) is 0 Å². The lowest BCUT2D eigenvalue weighted by molar-refractivity contribution is 0.0139. The Balaban J connectivity index is 2.66. The van der Waals surface area contributed by atoms with Gasteiger partial charge < -0.3 is 19.9 Å². The quantitative estimate of drug-likeness (QED) is 0.795. The Kier molecular flexibility index (Phi) is 5.63. The molecule has 0 saturated heterocycles. The lowest BCUT2D eigenvalue weighted by atomic mass is 9.92. The molecule has 2 N–H and O–H groups in total. The molecule has 0 heterocycles. The van der Waals surface area contributed by atoms with Crippen molar-refractivity contribution in [2.75, 3.05) is 20.8 Å². The average Bonchev–Trinajstić information content (AvgIpc) is 2.38. The zero-order valence-electron chi connectivity index (χ0n) is 12.5. The first-order chi connectivity index (χ1) is 8.90. The summed E-state index contributed by atoms with van der Waals surface area (Å²) in [6.45, 7) is 7.02. The van der Waals surface area contributed by atoms with Crippen LogP contribution in [0.25, 0.3) is 0 Å². The minimum atomic E-state index is -0.716. The second kappa shape index (κ2) is 6.78. The number of rotatable bonds is 7. The summed E-state index contributed by atoms with van der Waals surface area (Å²) < 4.78 is 10.5. The van der Waals surface area contributed by atoms with Gasteiger partial charge in [-0.15, -0.1) is 0 Å². The maximum absolute atomic E-state index is 10.2. The molecule has 1 unspecified atom stereocenters. The third-order valence-electron chi connectivity index (χ3n) is 3.53. The maximum Gasteiger partial charge on any atom is 0.123 e. The fourth-order valence-corrected chi connectivity index (χ4v) is 1.67. The van der Waals surface area contributed by atoms with E-state index in [0.29, 0.717) is 13.1 Å². The molecule has 0 aliphatic carbocycles. The first kappa shape index (κ1) is 15.8. The van der Waals surface area contributed by atoms with Crippen molar-refractivity contribution in [3.8, 4) is 11.5 Å². The highest BCUT2D eigenvalue weighted by atomic mass is 16.5. The van der Waals surface area contributed by atoms with Crippen LogP contribution >= 0.6 is 0 Å². The number of benzene rings is 1. The predicted octanol–water partition coefficient (Wildman–Crippen LogP) is 2.20. The van der Waals surface area contributed by atoms with Crippen molar-refractivity contribution in [3.63, 3.8) is 0 Å². The van der Waals surface area contributed by atoms with Gasteiger partial charge in [0.25, 0.3) is 0 Å². The van der Waals surface area contributed by atoms with Crippen LogP contribution in [0.3, 0.4) is 0 Å².